The Kier molecular flexibility index (Phi) is 4.05. The van der Waals surface area contributed by atoms with Crippen molar-refractivity contribution in [3.8, 4) is 0 Å². The molecule has 2 aromatic rings. The average Bonchev–Trinajstić information content (AvgIpc) is 3.28. The van der Waals surface area contributed by atoms with Crippen LogP contribution in [0.1, 0.15) is 37.8 Å². The van der Waals surface area contributed by atoms with E-state index in [4.69, 9.17) is 9.47 Å². The highest BCUT2D eigenvalue weighted by Crippen LogP contribution is 2.66. The van der Waals surface area contributed by atoms with Gasteiger partial charge in [-0.3, -0.25) is 0 Å². The zero-order valence-corrected chi connectivity index (χ0v) is 15.1. The second-order valence-corrected chi connectivity index (χ2v) is 7.67. The van der Waals surface area contributed by atoms with Gasteiger partial charge in [-0.25, -0.2) is 0 Å². The number of ether oxygens (including phenoxy) is 2. The Hall–Kier alpha value is -1.90. The fraction of sp³-hybridized carbons (Fsp3) is 0.391. The molecule has 2 heteroatoms. The first-order chi connectivity index (χ1) is 12.1. The number of benzene rings is 2. The van der Waals surface area contributed by atoms with Crippen molar-refractivity contribution in [3.05, 3.63) is 83.9 Å². The fourth-order valence-electron chi connectivity index (χ4n) is 4.36. The van der Waals surface area contributed by atoms with Crippen LogP contribution >= 0.6 is 0 Å². The maximum atomic E-state index is 6.45. The van der Waals surface area contributed by atoms with E-state index in [1.807, 2.05) is 6.07 Å². The largest absolute Gasteiger partial charge is 0.370 e. The van der Waals surface area contributed by atoms with Crippen molar-refractivity contribution in [2.45, 2.75) is 50.6 Å². The number of hydrogen-bond donors (Lipinski definition) is 0. The van der Waals surface area contributed by atoms with E-state index in [2.05, 4.69) is 75.0 Å². The molecule has 0 unspecified atom stereocenters. The van der Waals surface area contributed by atoms with Gasteiger partial charge in [0.15, 0.2) is 0 Å². The van der Waals surface area contributed by atoms with E-state index in [1.54, 1.807) is 0 Å². The Labute approximate surface area is 150 Å². The van der Waals surface area contributed by atoms with Gasteiger partial charge in [0.25, 0.3) is 0 Å². The number of epoxide rings is 1. The molecule has 1 aliphatic heterocycles. The van der Waals surface area contributed by atoms with Gasteiger partial charge in [0.05, 0.1) is 12.7 Å². The molecule has 1 aliphatic carbocycles. The number of hydrogen-bond acceptors (Lipinski definition) is 2. The van der Waals surface area contributed by atoms with Crippen LogP contribution < -0.4 is 0 Å². The summed E-state index contributed by atoms with van der Waals surface area (Å²) in [6.07, 6.45) is 2.05. The molecule has 0 bridgehead atoms. The van der Waals surface area contributed by atoms with Crippen LogP contribution in [0.4, 0.5) is 0 Å². The smallest absolute Gasteiger partial charge is 0.126 e. The van der Waals surface area contributed by atoms with Crippen LogP contribution in [0.15, 0.2) is 72.8 Å². The maximum absolute atomic E-state index is 6.45. The molecule has 1 saturated heterocycles. The van der Waals surface area contributed by atoms with Crippen LogP contribution in [0.3, 0.4) is 0 Å². The van der Waals surface area contributed by atoms with E-state index in [0.29, 0.717) is 12.5 Å². The van der Waals surface area contributed by atoms with Crippen LogP contribution in [-0.4, -0.2) is 11.7 Å². The first-order valence-electron chi connectivity index (χ1n) is 9.12. The van der Waals surface area contributed by atoms with Gasteiger partial charge < -0.3 is 9.47 Å². The molecule has 130 valence electrons. The van der Waals surface area contributed by atoms with Gasteiger partial charge in [0.1, 0.15) is 11.2 Å². The summed E-state index contributed by atoms with van der Waals surface area (Å²) in [6.45, 7) is 9.18. The molecule has 4 atom stereocenters. The second kappa shape index (κ2) is 6.12. The lowest BCUT2D eigenvalue weighted by Gasteiger charge is -2.36. The summed E-state index contributed by atoms with van der Waals surface area (Å²) in [5, 5.41) is 0. The summed E-state index contributed by atoms with van der Waals surface area (Å²) in [7, 11) is 0. The van der Waals surface area contributed by atoms with Gasteiger partial charge in [-0.1, -0.05) is 72.8 Å². The highest BCUT2D eigenvalue weighted by atomic mass is 16.7. The van der Waals surface area contributed by atoms with Gasteiger partial charge in [-0.15, -0.1) is 0 Å². The van der Waals surface area contributed by atoms with Crippen molar-refractivity contribution in [3.63, 3.8) is 0 Å². The Bertz CT molecular complexity index is 754. The van der Waals surface area contributed by atoms with Gasteiger partial charge in [0, 0.05) is 0 Å². The van der Waals surface area contributed by atoms with E-state index >= 15 is 0 Å². The molecule has 0 N–H and O–H groups in total. The molecule has 0 aromatic heterocycles. The van der Waals surface area contributed by atoms with E-state index < -0.39 is 0 Å². The molecule has 1 heterocycles. The van der Waals surface area contributed by atoms with Crippen molar-refractivity contribution in [1.82, 2.24) is 0 Å². The predicted octanol–water partition coefficient (Wildman–Crippen LogP) is 5.24. The highest BCUT2D eigenvalue weighted by Gasteiger charge is 2.74. The second-order valence-electron chi connectivity index (χ2n) is 7.67. The third-order valence-electron chi connectivity index (χ3n) is 6.02. The third-order valence-corrected chi connectivity index (χ3v) is 6.02. The summed E-state index contributed by atoms with van der Waals surface area (Å²) >= 11 is 0. The molecular formula is C23H26O2. The van der Waals surface area contributed by atoms with Gasteiger partial charge in [0.2, 0.25) is 0 Å². The zero-order valence-electron chi connectivity index (χ0n) is 15.1. The molecule has 0 radical (unpaired) electrons. The molecule has 2 fully saturated rings. The van der Waals surface area contributed by atoms with Crippen molar-refractivity contribution < 1.29 is 9.47 Å². The van der Waals surface area contributed by atoms with Crippen LogP contribution in [-0.2, 0) is 21.7 Å². The SMILES string of the molecule is C=C(C)[C@H]1C[C@H](OCc2ccccc2)[C@@]2(C)O[C@@]2(c2ccccc2)C1. The number of rotatable bonds is 5. The minimum atomic E-state index is -0.255. The molecule has 0 amide bonds. The third kappa shape index (κ3) is 2.74. The lowest BCUT2D eigenvalue weighted by molar-refractivity contribution is -0.0263. The van der Waals surface area contributed by atoms with Gasteiger partial charge >= 0.3 is 0 Å². The average molecular weight is 334 g/mol. The summed E-state index contributed by atoms with van der Waals surface area (Å²) in [4.78, 5) is 0. The summed E-state index contributed by atoms with van der Waals surface area (Å²) in [6, 6.07) is 21.0. The number of allylic oxidation sites excluding steroid dienone is 1. The Balaban J connectivity index is 1.60. The van der Waals surface area contributed by atoms with Crippen molar-refractivity contribution in [2.75, 3.05) is 0 Å². The van der Waals surface area contributed by atoms with Crippen molar-refractivity contribution in [1.29, 1.82) is 0 Å². The summed E-state index contributed by atoms with van der Waals surface area (Å²) in [5.41, 5.74) is 3.19. The minimum absolute atomic E-state index is 0.0726. The molecule has 2 nitrogen and oxygen atoms in total. The Morgan fingerprint density at radius 3 is 2.40 bits per heavy atom. The lowest BCUT2D eigenvalue weighted by Crippen LogP contribution is -2.43. The van der Waals surface area contributed by atoms with E-state index in [1.165, 1.54) is 16.7 Å². The molecule has 0 spiro atoms. The lowest BCUT2D eigenvalue weighted by atomic mass is 9.68. The van der Waals surface area contributed by atoms with Crippen LogP contribution in [0.2, 0.25) is 0 Å². The first-order valence-corrected chi connectivity index (χ1v) is 9.12. The number of fused-ring (bicyclic) bond motifs is 1. The predicted molar refractivity (Wildman–Crippen MR) is 100 cm³/mol. The normalized spacial score (nSPS) is 33.5. The van der Waals surface area contributed by atoms with Gasteiger partial charge in [-0.2, -0.15) is 0 Å². The molecule has 2 aliphatic rings. The molecular weight excluding hydrogens is 308 g/mol. The van der Waals surface area contributed by atoms with E-state index in [-0.39, 0.29) is 17.3 Å². The summed E-state index contributed by atoms with van der Waals surface area (Å²) in [5.74, 6) is 0.427. The molecule has 2 aromatic carbocycles. The van der Waals surface area contributed by atoms with Crippen LogP contribution in [0.5, 0.6) is 0 Å². The molecule has 4 rings (SSSR count). The monoisotopic (exact) mass is 334 g/mol. The zero-order chi connectivity index (χ0) is 17.5. The topological polar surface area (TPSA) is 21.8 Å². The minimum Gasteiger partial charge on any atom is -0.370 e. The van der Waals surface area contributed by atoms with Gasteiger partial charge in [-0.05, 0) is 43.7 Å². The van der Waals surface area contributed by atoms with Crippen molar-refractivity contribution >= 4 is 0 Å². The summed E-state index contributed by atoms with van der Waals surface area (Å²) < 4.78 is 12.8. The quantitative estimate of drug-likeness (QED) is 0.551. The fourth-order valence-corrected chi connectivity index (χ4v) is 4.36. The van der Waals surface area contributed by atoms with Crippen molar-refractivity contribution in [2.24, 2.45) is 5.92 Å². The first kappa shape index (κ1) is 16.6. The maximum Gasteiger partial charge on any atom is 0.126 e. The van der Waals surface area contributed by atoms with Crippen LogP contribution in [0, 0.1) is 5.92 Å². The molecule has 1 saturated carbocycles. The molecule has 25 heavy (non-hydrogen) atoms. The highest BCUT2D eigenvalue weighted by molar-refractivity contribution is 5.37. The standard InChI is InChI=1S/C23H26O2/c1-17(2)19-14-21(24-16-18-10-6-4-7-11-18)22(3)23(15-19,25-22)20-12-8-5-9-13-20/h4-13,19,21H,1,14-16H2,2-3H3/t19-,21-,22+,23+/m0/s1. The Morgan fingerprint density at radius 2 is 1.76 bits per heavy atom. The van der Waals surface area contributed by atoms with Crippen LogP contribution in [0.25, 0.3) is 0 Å². The Morgan fingerprint density at radius 1 is 1.12 bits per heavy atom. The van der Waals surface area contributed by atoms with E-state index in [9.17, 15) is 0 Å². The van der Waals surface area contributed by atoms with E-state index in [0.717, 1.165) is 12.8 Å².